The summed E-state index contributed by atoms with van der Waals surface area (Å²) in [5.74, 6) is 0. The number of alkyl halides is 3. The Labute approximate surface area is 116 Å². The zero-order valence-electron chi connectivity index (χ0n) is 11.2. The topological polar surface area (TPSA) is 58.2 Å². The zero-order valence-corrected chi connectivity index (χ0v) is 12.0. The molecule has 0 radical (unpaired) electrons. The fourth-order valence-electron chi connectivity index (χ4n) is 1.75. The molecule has 1 aromatic carbocycles. The molecule has 0 heterocycles. The summed E-state index contributed by atoms with van der Waals surface area (Å²) in [6.07, 6.45) is -5.34. The summed E-state index contributed by atoms with van der Waals surface area (Å²) in [6.45, 7) is 3.18. The number of nitrogens with one attached hydrogen (secondary N) is 2. The van der Waals surface area contributed by atoms with Gasteiger partial charge in [-0.25, -0.2) is 13.1 Å². The molecule has 20 heavy (non-hydrogen) atoms. The van der Waals surface area contributed by atoms with Crippen LogP contribution in [0.15, 0.2) is 29.2 Å². The van der Waals surface area contributed by atoms with Crippen LogP contribution in [-0.2, 0) is 10.0 Å². The SMILES string of the molecule is CCNS(=O)(=O)c1ccccc1NC(C)CC(F)(F)F. The fraction of sp³-hybridized carbons (Fsp3) is 0.500. The van der Waals surface area contributed by atoms with E-state index < -0.39 is 28.7 Å². The lowest BCUT2D eigenvalue weighted by Gasteiger charge is -2.19. The minimum atomic E-state index is -4.30. The molecule has 2 N–H and O–H groups in total. The first-order valence-electron chi connectivity index (χ1n) is 6.07. The predicted molar refractivity (Wildman–Crippen MR) is 71.1 cm³/mol. The molecule has 8 heteroatoms. The van der Waals surface area contributed by atoms with E-state index in [0.29, 0.717) is 0 Å². The first-order valence-corrected chi connectivity index (χ1v) is 7.56. The molecule has 0 fully saturated rings. The standard InChI is InChI=1S/C12H17F3N2O2S/c1-3-16-20(18,19)11-7-5-4-6-10(11)17-9(2)8-12(13,14)15/h4-7,9,16-17H,3,8H2,1-2H3. The highest BCUT2D eigenvalue weighted by Crippen LogP contribution is 2.26. The first kappa shape index (κ1) is 16.8. The van der Waals surface area contributed by atoms with Crippen LogP contribution in [0, 0.1) is 0 Å². The van der Waals surface area contributed by atoms with Crippen LogP contribution in [-0.4, -0.2) is 27.2 Å². The molecule has 1 atom stereocenters. The molecule has 0 aromatic heterocycles. The Morgan fingerprint density at radius 1 is 1.25 bits per heavy atom. The van der Waals surface area contributed by atoms with Crippen molar-refractivity contribution in [2.45, 2.75) is 37.4 Å². The second kappa shape index (κ2) is 6.45. The van der Waals surface area contributed by atoms with E-state index in [1.165, 1.54) is 25.1 Å². The van der Waals surface area contributed by atoms with Gasteiger partial charge in [0.05, 0.1) is 12.1 Å². The second-order valence-corrected chi connectivity index (χ2v) is 6.10. The Morgan fingerprint density at radius 3 is 2.40 bits per heavy atom. The van der Waals surface area contributed by atoms with Crippen LogP contribution < -0.4 is 10.0 Å². The fourth-order valence-corrected chi connectivity index (χ4v) is 2.96. The summed E-state index contributed by atoms with van der Waals surface area (Å²) in [5, 5.41) is 2.59. The summed E-state index contributed by atoms with van der Waals surface area (Å²) in [5.41, 5.74) is 0.158. The Bertz CT molecular complexity index is 544. The molecule has 0 bridgehead atoms. The lowest BCUT2D eigenvalue weighted by atomic mass is 10.2. The highest BCUT2D eigenvalue weighted by atomic mass is 32.2. The average molecular weight is 310 g/mol. The summed E-state index contributed by atoms with van der Waals surface area (Å²) >= 11 is 0. The van der Waals surface area contributed by atoms with Crippen LogP contribution in [0.1, 0.15) is 20.3 Å². The predicted octanol–water partition coefficient (Wildman–Crippen LogP) is 2.74. The average Bonchev–Trinajstić information content (AvgIpc) is 2.26. The van der Waals surface area contributed by atoms with Gasteiger partial charge in [-0.2, -0.15) is 13.2 Å². The molecule has 1 rings (SSSR count). The summed E-state index contributed by atoms with van der Waals surface area (Å²) in [7, 11) is -3.72. The maximum absolute atomic E-state index is 12.3. The van der Waals surface area contributed by atoms with E-state index in [-0.39, 0.29) is 17.1 Å². The third kappa shape index (κ3) is 5.01. The van der Waals surface area contributed by atoms with E-state index in [2.05, 4.69) is 10.0 Å². The normalized spacial score (nSPS) is 14.1. The number of para-hydroxylation sites is 1. The minimum absolute atomic E-state index is 0.0594. The van der Waals surface area contributed by atoms with Crippen LogP contribution >= 0.6 is 0 Å². The van der Waals surface area contributed by atoms with Crippen LogP contribution in [0.2, 0.25) is 0 Å². The van der Waals surface area contributed by atoms with Gasteiger partial charge < -0.3 is 5.32 Å². The van der Waals surface area contributed by atoms with E-state index in [0.717, 1.165) is 0 Å². The van der Waals surface area contributed by atoms with Gasteiger partial charge in [0.2, 0.25) is 10.0 Å². The Balaban J connectivity index is 2.97. The van der Waals surface area contributed by atoms with E-state index in [4.69, 9.17) is 0 Å². The van der Waals surface area contributed by atoms with Crippen LogP contribution in [0.3, 0.4) is 0 Å². The summed E-state index contributed by atoms with van der Waals surface area (Å²) < 4.78 is 63.1. The van der Waals surface area contributed by atoms with Gasteiger partial charge in [0.15, 0.2) is 0 Å². The minimum Gasteiger partial charge on any atom is -0.381 e. The van der Waals surface area contributed by atoms with Gasteiger partial charge in [-0.15, -0.1) is 0 Å². The monoisotopic (exact) mass is 310 g/mol. The van der Waals surface area contributed by atoms with Gasteiger partial charge >= 0.3 is 6.18 Å². The number of rotatable bonds is 6. The number of halogens is 3. The van der Waals surface area contributed by atoms with E-state index in [1.807, 2.05) is 0 Å². The van der Waals surface area contributed by atoms with Crippen LogP contribution in [0.4, 0.5) is 18.9 Å². The van der Waals surface area contributed by atoms with E-state index in [9.17, 15) is 21.6 Å². The van der Waals surface area contributed by atoms with Gasteiger partial charge in [-0.1, -0.05) is 19.1 Å². The Morgan fingerprint density at radius 2 is 1.85 bits per heavy atom. The van der Waals surface area contributed by atoms with Gasteiger partial charge in [-0.3, -0.25) is 0 Å². The number of benzene rings is 1. The molecular weight excluding hydrogens is 293 g/mol. The molecule has 1 unspecified atom stereocenters. The van der Waals surface area contributed by atoms with Gasteiger partial charge in [0, 0.05) is 12.6 Å². The van der Waals surface area contributed by atoms with Crippen molar-refractivity contribution in [3.8, 4) is 0 Å². The largest absolute Gasteiger partial charge is 0.391 e. The van der Waals surface area contributed by atoms with Crippen LogP contribution in [0.25, 0.3) is 0 Å². The molecule has 0 saturated heterocycles. The molecule has 0 saturated carbocycles. The van der Waals surface area contributed by atoms with E-state index in [1.54, 1.807) is 13.0 Å². The molecule has 0 aliphatic rings. The maximum atomic E-state index is 12.3. The van der Waals surface area contributed by atoms with Crippen LogP contribution in [0.5, 0.6) is 0 Å². The van der Waals surface area contributed by atoms with Crippen molar-refractivity contribution < 1.29 is 21.6 Å². The Hall–Kier alpha value is -1.28. The molecule has 0 aliphatic carbocycles. The summed E-state index contributed by atoms with van der Waals surface area (Å²) in [6, 6.07) is 4.95. The molecule has 114 valence electrons. The van der Waals surface area contributed by atoms with Gasteiger partial charge in [0.1, 0.15) is 4.90 Å². The molecule has 4 nitrogen and oxygen atoms in total. The third-order valence-electron chi connectivity index (χ3n) is 2.45. The number of hydrogen-bond donors (Lipinski definition) is 2. The van der Waals surface area contributed by atoms with E-state index >= 15 is 0 Å². The maximum Gasteiger partial charge on any atom is 0.391 e. The molecule has 0 aliphatic heterocycles. The van der Waals surface area contributed by atoms with Gasteiger partial charge in [0.25, 0.3) is 0 Å². The lowest BCUT2D eigenvalue weighted by molar-refractivity contribution is -0.136. The number of sulfonamides is 1. The second-order valence-electron chi connectivity index (χ2n) is 4.36. The highest BCUT2D eigenvalue weighted by molar-refractivity contribution is 7.89. The molecule has 0 amide bonds. The van der Waals surface area contributed by atoms with Crippen molar-refractivity contribution in [3.63, 3.8) is 0 Å². The van der Waals surface area contributed by atoms with Crippen molar-refractivity contribution in [2.24, 2.45) is 0 Å². The quantitative estimate of drug-likeness (QED) is 0.849. The van der Waals surface area contributed by atoms with Crippen molar-refractivity contribution in [3.05, 3.63) is 24.3 Å². The first-order chi connectivity index (χ1) is 9.15. The van der Waals surface area contributed by atoms with Crippen molar-refractivity contribution in [1.29, 1.82) is 0 Å². The van der Waals surface area contributed by atoms with Gasteiger partial charge in [-0.05, 0) is 19.1 Å². The van der Waals surface area contributed by atoms with Crippen molar-refractivity contribution in [2.75, 3.05) is 11.9 Å². The van der Waals surface area contributed by atoms with Crippen molar-refractivity contribution >= 4 is 15.7 Å². The number of hydrogen-bond acceptors (Lipinski definition) is 3. The third-order valence-corrected chi connectivity index (χ3v) is 4.05. The molecular formula is C12H17F3N2O2S. The zero-order chi connectivity index (χ0) is 15.4. The number of anilines is 1. The summed E-state index contributed by atoms with van der Waals surface area (Å²) in [4.78, 5) is -0.0594. The highest BCUT2D eigenvalue weighted by Gasteiger charge is 2.30. The smallest absolute Gasteiger partial charge is 0.381 e. The van der Waals surface area contributed by atoms with Crippen molar-refractivity contribution in [1.82, 2.24) is 4.72 Å². The lowest BCUT2D eigenvalue weighted by Crippen LogP contribution is -2.27. The Kier molecular flexibility index (Phi) is 5.41. The molecule has 0 spiro atoms. The molecule has 1 aromatic rings.